The number of imidazole rings is 1. The van der Waals surface area contributed by atoms with Gasteiger partial charge in [-0.15, -0.1) is 11.3 Å². The molecule has 0 fully saturated rings. The van der Waals surface area contributed by atoms with Gasteiger partial charge in [-0.3, -0.25) is 4.79 Å². The largest absolute Gasteiger partial charge is 0.481 e. The molecule has 7 heteroatoms. The van der Waals surface area contributed by atoms with E-state index in [-0.39, 0.29) is 12.5 Å². The van der Waals surface area contributed by atoms with E-state index in [1.165, 1.54) is 11.3 Å². The zero-order chi connectivity index (χ0) is 13.0. The van der Waals surface area contributed by atoms with Gasteiger partial charge in [-0.25, -0.2) is 9.97 Å². The number of nitrogens with zero attached hydrogens (tertiary/aromatic N) is 3. The summed E-state index contributed by atoms with van der Waals surface area (Å²) in [7, 11) is 0. The number of thiazole rings is 1. The summed E-state index contributed by atoms with van der Waals surface area (Å²) in [6.45, 7) is 2.83. The molecule has 0 amide bonds. The Morgan fingerprint density at radius 2 is 2.50 bits per heavy atom. The SMILES string of the molecule is CC(Cn1ccnc1)Nc1nc(CC(=O)O)cs1. The molecule has 0 aliphatic carbocycles. The maximum Gasteiger partial charge on any atom is 0.309 e. The molecular weight excluding hydrogens is 252 g/mol. The van der Waals surface area contributed by atoms with Gasteiger partial charge in [-0.2, -0.15) is 0 Å². The molecule has 18 heavy (non-hydrogen) atoms. The molecular formula is C11H14N4O2S. The van der Waals surface area contributed by atoms with Crippen LogP contribution in [0.5, 0.6) is 0 Å². The molecule has 96 valence electrons. The number of carboxylic acids is 1. The Bertz CT molecular complexity index is 509. The lowest BCUT2D eigenvalue weighted by Crippen LogP contribution is -2.21. The number of rotatable bonds is 6. The van der Waals surface area contributed by atoms with Crippen molar-refractivity contribution in [2.24, 2.45) is 0 Å². The van der Waals surface area contributed by atoms with Crippen molar-refractivity contribution in [2.75, 3.05) is 5.32 Å². The van der Waals surface area contributed by atoms with Crippen LogP contribution in [0.1, 0.15) is 12.6 Å². The number of aromatic nitrogens is 3. The molecule has 0 saturated carbocycles. The van der Waals surface area contributed by atoms with Crippen molar-refractivity contribution in [3.05, 3.63) is 29.8 Å². The molecule has 2 heterocycles. The van der Waals surface area contributed by atoms with Crippen LogP contribution < -0.4 is 5.32 Å². The van der Waals surface area contributed by atoms with E-state index < -0.39 is 5.97 Å². The van der Waals surface area contributed by atoms with Crippen LogP contribution >= 0.6 is 11.3 Å². The van der Waals surface area contributed by atoms with Crippen molar-refractivity contribution >= 4 is 22.4 Å². The lowest BCUT2D eigenvalue weighted by molar-refractivity contribution is -0.136. The van der Waals surface area contributed by atoms with Crippen LogP contribution in [0, 0.1) is 0 Å². The molecule has 0 radical (unpaired) electrons. The van der Waals surface area contributed by atoms with Crippen LogP contribution in [0.4, 0.5) is 5.13 Å². The van der Waals surface area contributed by atoms with Gasteiger partial charge < -0.3 is 15.0 Å². The van der Waals surface area contributed by atoms with Gasteiger partial charge in [-0.1, -0.05) is 0 Å². The van der Waals surface area contributed by atoms with E-state index in [1.807, 2.05) is 17.7 Å². The third-order valence-corrected chi connectivity index (χ3v) is 3.12. The molecule has 0 saturated heterocycles. The normalized spacial score (nSPS) is 12.3. The van der Waals surface area contributed by atoms with Gasteiger partial charge in [0.2, 0.25) is 0 Å². The summed E-state index contributed by atoms with van der Waals surface area (Å²) in [5.74, 6) is -0.863. The minimum absolute atomic E-state index is 0.0336. The summed E-state index contributed by atoms with van der Waals surface area (Å²) in [5, 5.41) is 14.4. The zero-order valence-electron chi connectivity index (χ0n) is 9.91. The number of anilines is 1. The van der Waals surface area contributed by atoms with Crippen molar-refractivity contribution in [1.82, 2.24) is 14.5 Å². The highest BCUT2D eigenvalue weighted by atomic mass is 32.1. The van der Waals surface area contributed by atoms with Crippen molar-refractivity contribution in [3.63, 3.8) is 0 Å². The van der Waals surface area contributed by atoms with Gasteiger partial charge in [0.15, 0.2) is 5.13 Å². The Kier molecular flexibility index (Phi) is 3.93. The molecule has 2 rings (SSSR count). The number of carbonyl (C=O) groups is 1. The minimum atomic E-state index is -0.863. The van der Waals surface area contributed by atoms with E-state index in [1.54, 1.807) is 17.9 Å². The summed E-state index contributed by atoms with van der Waals surface area (Å²) in [6.07, 6.45) is 5.36. The Labute approximate surface area is 108 Å². The summed E-state index contributed by atoms with van der Waals surface area (Å²) in [4.78, 5) is 18.7. The topological polar surface area (TPSA) is 80.0 Å². The first-order valence-corrected chi connectivity index (χ1v) is 6.40. The highest BCUT2D eigenvalue weighted by Gasteiger charge is 2.08. The first-order valence-electron chi connectivity index (χ1n) is 5.52. The predicted molar refractivity (Wildman–Crippen MR) is 68.8 cm³/mol. The van der Waals surface area contributed by atoms with Crippen molar-refractivity contribution in [1.29, 1.82) is 0 Å². The van der Waals surface area contributed by atoms with Crippen LogP contribution in [-0.4, -0.2) is 31.7 Å². The van der Waals surface area contributed by atoms with E-state index >= 15 is 0 Å². The molecule has 6 nitrogen and oxygen atoms in total. The second-order valence-corrected chi connectivity index (χ2v) is 4.88. The second kappa shape index (κ2) is 5.63. The summed E-state index contributed by atoms with van der Waals surface area (Å²) >= 11 is 1.42. The number of hydrogen-bond donors (Lipinski definition) is 2. The van der Waals surface area contributed by atoms with Gasteiger partial charge in [0, 0.05) is 30.4 Å². The van der Waals surface area contributed by atoms with Gasteiger partial charge in [0.05, 0.1) is 18.4 Å². The molecule has 0 spiro atoms. The minimum Gasteiger partial charge on any atom is -0.481 e. The van der Waals surface area contributed by atoms with E-state index in [9.17, 15) is 4.79 Å². The van der Waals surface area contributed by atoms with Gasteiger partial charge in [0.25, 0.3) is 0 Å². The average molecular weight is 266 g/mol. The standard InChI is InChI=1S/C11H14N4O2S/c1-8(5-15-3-2-12-7-15)13-11-14-9(6-18-11)4-10(16)17/h2-3,6-8H,4-5H2,1H3,(H,13,14)(H,16,17). The fourth-order valence-corrected chi connectivity index (χ4v) is 2.40. The lowest BCUT2D eigenvalue weighted by Gasteiger charge is -2.13. The van der Waals surface area contributed by atoms with E-state index in [2.05, 4.69) is 15.3 Å². The van der Waals surface area contributed by atoms with Crippen molar-refractivity contribution in [2.45, 2.75) is 25.9 Å². The third-order valence-electron chi connectivity index (χ3n) is 2.30. The Morgan fingerprint density at radius 1 is 1.67 bits per heavy atom. The summed E-state index contributed by atoms with van der Waals surface area (Å²) in [5.41, 5.74) is 0.588. The molecule has 0 aliphatic heterocycles. The van der Waals surface area contributed by atoms with E-state index in [4.69, 9.17) is 5.11 Å². The average Bonchev–Trinajstić information content (AvgIpc) is 2.89. The van der Waals surface area contributed by atoms with Crippen LogP contribution in [0.2, 0.25) is 0 Å². The van der Waals surface area contributed by atoms with E-state index in [0.29, 0.717) is 5.69 Å². The first-order chi connectivity index (χ1) is 8.63. The molecule has 1 atom stereocenters. The fraction of sp³-hybridized carbons (Fsp3) is 0.364. The quantitative estimate of drug-likeness (QED) is 0.827. The first kappa shape index (κ1) is 12.6. The zero-order valence-corrected chi connectivity index (χ0v) is 10.7. The highest BCUT2D eigenvalue weighted by Crippen LogP contribution is 2.17. The number of nitrogens with one attached hydrogen (secondary N) is 1. The number of aliphatic carboxylic acids is 1. The highest BCUT2D eigenvalue weighted by molar-refractivity contribution is 7.13. The molecule has 0 aromatic carbocycles. The third kappa shape index (κ3) is 3.56. The Hall–Kier alpha value is -1.89. The van der Waals surface area contributed by atoms with Gasteiger partial charge in [0.1, 0.15) is 0 Å². The van der Waals surface area contributed by atoms with Crippen LogP contribution in [0.25, 0.3) is 0 Å². The summed E-state index contributed by atoms with van der Waals surface area (Å²) < 4.78 is 1.98. The smallest absolute Gasteiger partial charge is 0.309 e. The lowest BCUT2D eigenvalue weighted by atomic mass is 10.3. The van der Waals surface area contributed by atoms with Crippen molar-refractivity contribution < 1.29 is 9.90 Å². The van der Waals surface area contributed by atoms with Crippen molar-refractivity contribution in [3.8, 4) is 0 Å². The molecule has 2 aromatic rings. The molecule has 2 aromatic heterocycles. The van der Waals surface area contributed by atoms with Crippen LogP contribution in [0.15, 0.2) is 24.1 Å². The second-order valence-electron chi connectivity index (χ2n) is 4.02. The van der Waals surface area contributed by atoms with Gasteiger partial charge >= 0.3 is 5.97 Å². The number of carboxylic acid groups (broad SMARTS) is 1. The van der Waals surface area contributed by atoms with Gasteiger partial charge in [-0.05, 0) is 6.92 Å². The fourth-order valence-electron chi connectivity index (χ4n) is 1.58. The maximum absolute atomic E-state index is 10.5. The van der Waals surface area contributed by atoms with E-state index in [0.717, 1.165) is 11.7 Å². The molecule has 0 aliphatic rings. The number of hydrogen-bond acceptors (Lipinski definition) is 5. The molecule has 2 N–H and O–H groups in total. The predicted octanol–water partition coefficient (Wildman–Crippen LogP) is 1.47. The Balaban J connectivity index is 1.88. The van der Waals surface area contributed by atoms with Crippen LogP contribution in [-0.2, 0) is 17.8 Å². The summed E-state index contributed by atoms with van der Waals surface area (Å²) in [6, 6.07) is 0.197. The van der Waals surface area contributed by atoms with Crippen LogP contribution in [0.3, 0.4) is 0 Å². The Morgan fingerprint density at radius 3 is 3.17 bits per heavy atom. The molecule has 1 unspecified atom stereocenters. The monoisotopic (exact) mass is 266 g/mol. The molecule has 0 bridgehead atoms. The maximum atomic E-state index is 10.5.